The number of methoxy groups -OCH3 is 1. The van der Waals surface area contributed by atoms with Gasteiger partial charge in [-0.2, -0.15) is 0 Å². The van der Waals surface area contributed by atoms with Gasteiger partial charge in [-0.05, 0) is 47.9 Å². The first kappa shape index (κ1) is 24.3. The predicted molar refractivity (Wildman–Crippen MR) is 131 cm³/mol. The molecule has 0 heterocycles. The summed E-state index contributed by atoms with van der Waals surface area (Å²) < 4.78 is 5.21. The highest BCUT2D eigenvalue weighted by atomic mass is 35.5. The Hall–Kier alpha value is -3.31. The number of rotatable bonds is 10. The van der Waals surface area contributed by atoms with Crippen molar-refractivity contribution >= 4 is 23.4 Å². The van der Waals surface area contributed by atoms with Gasteiger partial charge in [0, 0.05) is 24.5 Å². The third kappa shape index (κ3) is 7.09. The second-order valence-corrected chi connectivity index (χ2v) is 8.21. The van der Waals surface area contributed by atoms with E-state index in [-0.39, 0.29) is 18.2 Å². The van der Waals surface area contributed by atoms with Crippen LogP contribution in [0.4, 0.5) is 0 Å². The van der Waals surface area contributed by atoms with Crippen LogP contribution in [0, 0.1) is 0 Å². The molecule has 0 saturated carbocycles. The molecular weight excluding hydrogens is 436 g/mol. The molecule has 0 aromatic heterocycles. The summed E-state index contributed by atoms with van der Waals surface area (Å²) in [6, 6.07) is 23.9. The lowest BCUT2D eigenvalue weighted by Crippen LogP contribution is -2.50. The Labute approximate surface area is 200 Å². The monoisotopic (exact) mass is 464 g/mol. The summed E-state index contributed by atoms with van der Waals surface area (Å²) >= 11 is 6.05. The molecule has 0 aliphatic carbocycles. The highest BCUT2D eigenvalue weighted by Crippen LogP contribution is 2.19. The van der Waals surface area contributed by atoms with Gasteiger partial charge in [0.15, 0.2) is 0 Å². The second kappa shape index (κ2) is 12.1. The number of halogens is 1. The number of carbonyl (C=O) groups excluding carboxylic acids is 2. The number of hydrogen-bond acceptors (Lipinski definition) is 3. The van der Waals surface area contributed by atoms with Crippen molar-refractivity contribution in [2.45, 2.75) is 32.4 Å². The molecule has 1 N–H and O–H groups in total. The van der Waals surface area contributed by atoms with Gasteiger partial charge in [-0.3, -0.25) is 9.59 Å². The zero-order valence-corrected chi connectivity index (χ0v) is 19.7. The molecule has 3 rings (SSSR count). The molecule has 0 unspecified atom stereocenters. The van der Waals surface area contributed by atoms with Crippen molar-refractivity contribution in [2.24, 2.45) is 0 Å². The predicted octanol–water partition coefficient (Wildman–Crippen LogP) is 4.67. The molecule has 3 aromatic carbocycles. The Morgan fingerprint density at radius 1 is 0.909 bits per heavy atom. The van der Waals surface area contributed by atoms with E-state index in [0.717, 1.165) is 22.4 Å². The average molecular weight is 465 g/mol. The fraction of sp³-hybridized carbons (Fsp3) is 0.259. The van der Waals surface area contributed by atoms with E-state index in [1.54, 1.807) is 24.1 Å². The minimum absolute atomic E-state index is 0.123. The van der Waals surface area contributed by atoms with Crippen LogP contribution in [0.15, 0.2) is 78.9 Å². The van der Waals surface area contributed by atoms with E-state index in [4.69, 9.17) is 16.3 Å². The molecule has 2 amide bonds. The first-order valence-corrected chi connectivity index (χ1v) is 11.4. The highest BCUT2D eigenvalue weighted by molar-refractivity contribution is 6.30. The molecule has 0 aliphatic heterocycles. The van der Waals surface area contributed by atoms with Gasteiger partial charge in [0.1, 0.15) is 11.8 Å². The number of amides is 2. The maximum atomic E-state index is 13.6. The van der Waals surface area contributed by atoms with Crippen LogP contribution in [0.25, 0.3) is 0 Å². The van der Waals surface area contributed by atoms with E-state index in [9.17, 15) is 9.59 Å². The standard InChI is InChI=1S/C27H29ClN2O3/c1-3-29-27(32)25(17-20-7-5-4-6-8-20)30(19-22-9-13-23(28)14-10-22)26(31)18-21-11-15-24(33-2)16-12-21/h4-16,25H,3,17-19H2,1-2H3,(H,29,32)/t25-/m0/s1. The van der Waals surface area contributed by atoms with Crippen molar-refractivity contribution in [1.82, 2.24) is 10.2 Å². The molecule has 0 spiro atoms. The minimum Gasteiger partial charge on any atom is -0.497 e. The molecule has 5 nitrogen and oxygen atoms in total. The summed E-state index contributed by atoms with van der Waals surface area (Å²) in [5.41, 5.74) is 2.76. The Balaban J connectivity index is 1.92. The van der Waals surface area contributed by atoms with Crippen molar-refractivity contribution in [2.75, 3.05) is 13.7 Å². The molecule has 1 atom stereocenters. The lowest BCUT2D eigenvalue weighted by atomic mass is 10.0. The molecule has 0 aliphatic rings. The van der Waals surface area contributed by atoms with E-state index in [1.165, 1.54) is 0 Å². The zero-order valence-electron chi connectivity index (χ0n) is 19.0. The second-order valence-electron chi connectivity index (χ2n) is 7.77. The molecule has 33 heavy (non-hydrogen) atoms. The summed E-state index contributed by atoms with van der Waals surface area (Å²) in [5, 5.41) is 3.53. The molecular formula is C27H29ClN2O3. The molecule has 0 fully saturated rings. The highest BCUT2D eigenvalue weighted by Gasteiger charge is 2.30. The minimum atomic E-state index is -0.645. The number of hydrogen-bond donors (Lipinski definition) is 1. The maximum Gasteiger partial charge on any atom is 0.243 e. The number of benzene rings is 3. The van der Waals surface area contributed by atoms with Gasteiger partial charge in [0.2, 0.25) is 11.8 Å². The van der Waals surface area contributed by atoms with Crippen molar-refractivity contribution < 1.29 is 14.3 Å². The lowest BCUT2D eigenvalue weighted by molar-refractivity contribution is -0.140. The van der Waals surface area contributed by atoms with E-state index in [0.29, 0.717) is 24.5 Å². The number of likely N-dealkylation sites (N-methyl/N-ethyl adjacent to an activating group) is 1. The number of nitrogens with zero attached hydrogens (tertiary/aromatic N) is 1. The van der Waals surface area contributed by atoms with E-state index >= 15 is 0 Å². The average Bonchev–Trinajstić information content (AvgIpc) is 2.83. The summed E-state index contributed by atoms with van der Waals surface area (Å²) in [6.45, 7) is 2.67. The normalized spacial score (nSPS) is 11.5. The van der Waals surface area contributed by atoms with Crippen LogP contribution in [0.2, 0.25) is 5.02 Å². The number of ether oxygens (including phenoxy) is 1. The number of nitrogens with one attached hydrogen (secondary N) is 1. The van der Waals surface area contributed by atoms with Crippen LogP contribution in [-0.2, 0) is 29.0 Å². The maximum absolute atomic E-state index is 13.6. The van der Waals surface area contributed by atoms with Crippen LogP contribution >= 0.6 is 11.6 Å². The fourth-order valence-corrected chi connectivity index (χ4v) is 3.78. The smallest absolute Gasteiger partial charge is 0.243 e. The first-order valence-electron chi connectivity index (χ1n) is 11.0. The third-order valence-electron chi connectivity index (χ3n) is 5.40. The lowest BCUT2D eigenvalue weighted by Gasteiger charge is -2.31. The van der Waals surface area contributed by atoms with Crippen molar-refractivity contribution in [1.29, 1.82) is 0 Å². The van der Waals surface area contributed by atoms with Crippen LogP contribution in [0.3, 0.4) is 0 Å². The third-order valence-corrected chi connectivity index (χ3v) is 5.65. The van der Waals surface area contributed by atoms with Gasteiger partial charge < -0.3 is 15.0 Å². The SMILES string of the molecule is CCNC(=O)[C@H](Cc1ccccc1)N(Cc1ccc(Cl)cc1)C(=O)Cc1ccc(OC)cc1. The van der Waals surface area contributed by atoms with Gasteiger partial charge >= 0.3 is 0 Å². The molecule has 0 saturated heterocycles. The Morgan fingerprint density at radius 2 is 1.55 bits per heavy atom. The van der Waals surface area contributed by atoms with Gasteiger partial charge in [-0.25, -0.2) is 0 Å². The summed E-state index contributed by atoms with van der Waals surface area (Å²) in [6.07, 6.45) is 0.608. The summed E-state index contributed by atoms with van der Waals surface area (Å²) in [7, 11) is 1.61. The quantitative estimate of drug-likeness (QED) is 0.474. The van der Waals surface area contributed by atoms with E-state index in [2.05, 4.69) is 5.32 Å². The van der Waals surface area contributed by atoms with Crippen LogP contribution < -0.4 is 10.1 Å². The van der Waals surface area contributed by atoms with Gasteiger partial charge in [-0.1, -0.05) is 66.2 Å². The van der Waals surface area contributed by atoms with E-state index in [1.807, 2.05) is 73.7 Å². The van der Waals surface area contributed by atoms with Crippen molar-refractivity contribution in [3.63, 3.8) is 0 Å². The molecule has 3 aromatic rings. The number of carbonyl (C=O) groups is 2. The van der Waals surface area contributed by atoms with Gasteiger partial charge in [0.05, 0.1) is 13.5 Å². The van der Waals surface area contributed by atoms with Crippen LogP contribution in [0.1, 0.15) is 23.6 Å². The Bertz CT molecular complexity index is 1040. The first-order chi connectivity index (χ1) is 16.0. The van der Waals surface area contributed by atoms with E-state index < -0.39 is 6.04 Å². The van der Waals surface area contributed by atoms with Crippen LogP contribution in [-0.4, -0.2) is 36.4 Å². The largest absolute Gasteiger partial charge is 0.497 e. The Morgan fingerprint density at radius 3 is 2.15 bits per heavy atom. The Kier molecular flexibility index (Phi) is 8.90. The molecule has 172 valence electrons. The van der Waals surface area contributed by atoms with Gasteiger partial charge in [0.25, 0.3) is 0 Å². The molecule has 0 radical (unpaired) electrons. The van der Waals surface area contributed by atoms with Gasteiger partial charge in [-0.15, -0.1) is 0 Å². The fourth-order valence-electron chi connectivity index (χ4n) is 3.65. The summed E-state index contributed by atoms with van der Waals surface area (Å²) in [4.78, 5) is 28.4. The van der Waals surface area contributed by atoms with Crippen molar-refractivity contribution in [3.05, 3.63) is 101 Å². The molecule has 6 heteroatoms. The van der Waals surface area contributed by atoms with Crippen LogP contribution in [0.5, 0.6) is 5.75 Å². The molecule has 0 bridgehead atoms. The van der Waals surface area contributed by atoms with Crippen molar-refractivity contribution in [3.8, 4) is 5.75 Å². The summed E-state index contributed by atoms with van der Waals surface area (Å²) in [5.74, 6) is 0.439. The zero-order chi connectivity index (χ0) is 23.6. The topological polar surface area (TPSA) is 58.6 Å².